The number of ketones is 1. The summed E-state index contributed by atoms with van der Waals surface area (Å²) in [7, 11) is 0. The van der Waals surface area contributed by atoms with E-state index in [1.165, 1.54) is 0 Å². The molecule has 9 nitrogen and oxygen atoms in total. The number of aliphatic hydroxyl groups excluding tert-OH is 2. The van der Waals surface area contributed by atoms with Gasteiger partial charge in [0.05, 0.1) is 35.3 Å². The van der Waals surface area contributed by atoms with Crippen LogP contribution in [0, 0.1) is 39.9 Å². The topological polar surface area (TPSA) is 169 Å². The Hall–Kier alpha value is -1.75. The molecule has 5 aliphatic carbocycles. The second-order valence-electron chi connectivity index (χ2n) is 17.9. The van der Waals surface area contributed by atoms with Crippen LogP contribution in [0.3, 0.4) is 0 Å². The lowest BCUT2D eigenvalue weighted by Crippen LogP contribution is -2.65. The Labute approximate surface area is 286 Å². The summed E-state index contributed by atoms with van der Waals surface area (Å²) in [6, 6.07) is 0. The number of aliphatic hydroxyl groups is 5. The van der Waals surface area contributed by atoms with Crippen molar-refractivity contribution >= 4 is 5.78 Å². The van der Waals surface area contributed by atoms with E-state index in [2.05, 4.69) is 32.2 Å². The third-order valence-corrected chi connectivity index (χ3v) is 15.6. The van der Waals surface area contributed by atoms with Crippen LogP contribution in [0.4, 0.5) is 0 Å². The van der Waals surface area contributed by atoms with E-state index >= 15 is 0 Å². The third kappa shape index (κ3) is 4.59. The first kappa shape index (κ1) is 34.7. The average molecular weight is 669 g/mol. The minimum Gasteiger partial charge on any atom is -0.396 e. The summed E-state index contributed by atoms with van der Waals surface area (Å²) in [5.41, 5.74) is 3.03. The molecule has 0 radical (unpaired) electrons. The maximum absolute atomic E-state index is 14.2. The molecule has 13 atom stereocenters. The van der Waals surface area contributed by atoms with Gasteiger partial charge in [-0.25, -0.2) is 0 Å². The Kier molecular flexibility index (Phi) is 8.22. The summed E-state index contributed by atoms with van der Waals surface area (Å²) in [6.45, 7) is 10.5. The number of fused-ring (bicyclic) bond motifs is 2. The summed E-state index contributed by atoms with van der Waals surface area (Å²) in [6.07, 6.45) is 10.1. The van der Waals surface area contributed by atoms with Crippen LogP contribution < -0.4 is 11.1 Å². The molecule has 0 aromatic rings. The number of hydrogen-bond acceptors (Lipinski definition) is 9. The largest absolute Gasteiger partial charge is 0.396 e. The van der Waals surface area contributed by atoms with Crippen molar-refractivity contribution in [1.29, 1.82) is 0 Å². The highest BCUT2D eigenvalue weighted by atomic mass is 16.6. The Balaban J connectivity index is 1.20. The Bertz CT molecular complexity index is 1440. The lowest BCUT2D eigenvalue weighted by molar-refractivity contribution is -0.168. The smallest absolute Gasteiger partial charge is 0.162 e. The molecule has 0 bridgehead atoms. The van der Waals surface area contributed by atoms with Gasteiger partial charge in [-0.1, -0.05) is 40.2 Å². The first-order valence-electron chi connectivity index (χ1n) is 18.8. The Morgan fingerprint density at radius 2 is 1.81 bits per heavy atom. The van der Waals surface area contributed by atoms with Crippen molar-refractivity contribution in [2.75, 3.05) is 13.2 Å². The number of nitrogens with one attached hydrogen (secondary N) is 1. The fourth-order valence-electron chi connectivity index (χ4n) is 12.3. The van der Waals surface area contributed by atoms with Crippen LogP contribution in [0.1, 0.15) is 112 Å². The van der Waals surface area contributed by atoms with E-state index in [0.717, 1.165) is 36.0 Å². The summed E-state index contributed by atoms with van der Waals surface area (Å²) in [5, 5.41) is 62.8. The van der Waals surface area contributed by atoms with Crippen molar-refractivity contribution in [3.05, 3.63) is 34.7 Å². The van der Waals surface area contributed by atoms with Gasteiger partial charge in [0.15, 0.2) is 5.78 Å². The highest BCUT2D eigenvalue weighted by Crippen LogP contribution is 2.74. The number of epoxide rings is 1. The highest BCUT2D eigenvalue weighted by molar-refractivity contribution is 6.00. The first-order valence-corrected chi connectivity index (χ1v) is 18.8. The van der Waals surface area contributed by atoms with Gasteiger partial charge in [0, 0.05) is 23.3 Å². The lowest BCUT2D eigenvalue weighted by Gasteiger charge is -2.63. The number of hydrogen-bond donors (Lipinski definition) is 7. The van der Waals surface area contributed by atoms with Gasteiger partial charge in [0.2, 0.25) is 0 Å². The van der Waals surface area contributed by atoms with Crippen LogP contribution in [0.5, 0.6) is 0 Å². The third-order valence-electron chi connectivity index (χ3n) is 15.6. The van der Waals surface area contributed by atoms with E-state index in [9.17, 15) is 30.3 Å². The number of Topliss-reactive ketones (excluding diaryl/α,β-unsaturated/α-hetero) is 1. The summed E-state index contributed by atoms with van der Waals surface area (Å²) >= 11 is 0. The molecule has 9 heteroatoms. The van der Waals surface area contributed by atoms with Gasteiger partial charge in [0.25, 0.3) is 0 Å². The van der Waals surface area contributed by atoms with Gasteiger partial charge in [0.1, 0.15) is 12.2 Å². The minimum absolute atomic E-state index is 0.0706. The zero-order valence-electron chi connectivity index (χ0n) is 29.7. The van der Waals surface area contributed by atoms with Crippen molar-refractivity contribution in [1.82, 2.24) is 5.32 Å². The zero-order chi connectivity index (χ0) is 34.7. The van der Waals surface area contributed by atoms with E-state index in [0.29, 0.717) is 70.2 Å². The number of ether oxygens (including phenoxy) is 1. The molecule has 3 saturated carbocycles. The van der Waals surface area contributed by atoms with Gasteiger partial charge in [-0.15, -0.1) is 0 Å². The number of nitrogens with two attached hydrogens (primary N) is 1. The maximum Gasteiger partial charge on any atom is 0.162 e. The molecule has 7 rings (SSSR count). The molecule has 0 unspecified atom stereocenters. The summed E-state index contributed by atoms with van der Waals surface area (Å²) in [5.74, 6) is 0.270. The second-order valence-corrected chi connectivity index (χ2v) is 17.9. The molecule has 8 N–H and O–H groups in total. The predicted molar refractivity (Wildman–Crippen MR) is 182 cm³/mol. The molecule has 0 spiro atoms. The number of carbonyl (C=O) groups excluding carboxylic acids is 1. The van der Waals surface area contributed by atoms with Crippen molar-refractivity contribution in [2.45, 2.75) is 147 Å². The minimum atomic E-state index is -1.43. The lowest BCUT2D eigenvalue weighted by atomic mass is 9.42. The van der Waals surface area contributed by atoms with Gasteiger partial charge >= 0.3 is 0 Å². The second kappa shape index (κ2) is 11.4. The van der Waals surface area contributed by atoms with E-state index in [-0.39, 0.29) is 41.5 Å². The van der Waals surface area contributed by atoms with Crippen LogP contribution in [0.15, 0.2) is 34.7 Å². The molecule has 7 aliphatic rings. The van der Waals surface area contributed by atoms with Crippen LogP contribution in [0.25, 0.3) is 0 Å². The van der Waals surface area contributed by atoms with Gasteiger partial charge in [-0.2, -0.15) is 0 Å². The molecule has 4 fully saturated rings. The first-order chi connectivity index (χ1) is 22.5. The van der Waals surface area contributed by atoms with E-state index < -0.39 is 45.9 Å². The zero-order valence-corrected chi connectivity index (χ0v) is 29.7. The quantitative estimate of drug-likeness (QED) is 0.171. The fraction of sp³-hybridized carbons (Fsp3) is 0.821. The van der Waals surface area contributed by atoms with E-state index in [1.54, 1.807) is 6.92 Å². The standard InChI is InChI=1S/C39H60N2O7/c1-6-13-38(46,33-32(48-33)37(5,45)34(2,21-42)14-9-22-12-17-41-29(40)18-22)28-19-23-7-8-25-30-26(11-16-36(28,4)39(23,30)47)35(3)15-10-24(43)20-27(35)31(25)44/h12,18,23-24,26-28,32-33,41-43,45-47H,6-11,13-17,19-21,40H2,1-5H3/t23-,24-,26-,27-,28-,32-,33-,34-,35+,36+,37-,38+,39+/m0/s1. The molecular weight excluding hydrogens is 608 g/mol. The van der Waals surface area contributed by atoms with E-state index in [1.807, 2.05) is 13.0 Å². The van der Waals surface area contributed by atoms with Crippen LogP contribution in [0.2, 0.25) is 0 Å². The molecular formula is C39H60N2O7. The van der Waals surface area contributed by atoms with E-state index in [4.69, 9.17) is 10.5 Å². The fourth-order valence-corrected chi connectivity index (χ4v) is 12.3. The number of dihydropyridines is 1. The summed E-state index contributed by atoms with van der Waals surface area (Å²) in [4.78, 5) is 14.2. The van der Waals surface area contributed by atoms with Gasteiger partial charge in [-0.3, -0.25) is 4.79 Å². The van der Waals surface area contributed by atoms with Crippen LogP contribution in [-0.4, -0.2) is 79.6 Å². The van der Waals surface area contributed by atoms with Crippen molar-refractivity contribution in [2.24, 2.45) is 45.7 Å². The molecule has 48 heavy (non-hydrogen) atoms. The van der Waals surface area contributed by atoms with Crippen molar-refractivity contribution in [3.8, 4) is 0 Å². The molecule has 1 saturated heterocycles. The average Bonchev–Trinajstić information content (AvgIpc) is 3.83. The normalized spacial score (nSPS) is 45.5. The predicted octanol–water partition coefficient (Wildman–Crippen LogP) is 3.77. The highest BCUT2D eigenvalue weighted by Gasteiger charge is 2.77. The molecule has 2 heterocycles. The molecule has 0 aromatic carbocycles. The van der Waals surface area contributed by atoms with Gasteiger partial charge in [-0.05, 0) is 124 Å². The van der Waals surface area contributed by atoms with Crippen molar-refractivity contribution < 1.29 is 35.1 Å². The Morgan fingerprint density at radius 1 is 1.06 bits per heavy atom. The number of carbonyl (C=O) groups is 1. The molecule has 268 valence electrons. The Morgan fingerprint density at radius 3 is 2.50 bits per heavy atom. The van der Waals surface area contributed by atoms with Gasteiger partial charge < -0.3 is 41.3 Å². The number of rotatable bonds is 10. The maximum atomic E-state index is 14.2. The van der Waals surface area contributed by atoms with Crippen LogP contribution >= 0.6 is 0 Å². The van der Waals surface area contributed by atoms with Crippen molar-refractivity contribution in [3.63, 3.8) is 0 Å². The molecule has 0 amide bonds. The SMILES string of the molecule is CCC[C@@](O)([C@H]1C[C@@H]2CCC3=C4[C@H](CC[C@@]1(C)[C@]42O)[C@@]1(C)CC[C@H](O)C[C@H]1C3=O)[C@H]1O[C@@H]1[C@](C)(O)[C@](C)(CO)CCC1=CCNC(N)=C1. The monoisotopic (exact) mass is 668 g/mol. The van der Waals surface area contributed by atoms with Crippen LogP contribution in [-0.2, 0) is 9.53 Å². The number of allylic oxidation sites excluding steroid dienone is 3. The summed E-state index contributed by atoms with van der Waals surface area (Å²) < 4.78 is 6.39. The molecule has 0 aromatic heterocycles. The molecule has 2 aliphatic heterocycles.